The van der Waals surface area contributed by atoms with Crippen molar-refractivity contribution in [2.75, 3.05) is 0 Å². The Morgan fingerprint density at radius 2 is 0.690 bits per heavy atom. The van der Waals surface area contributed by atoms with Gasteiger partial charge in [-0.2, -0.15) is 0 Å². The Morgan fingerprint density at radius 1 is 0.517 bits per heavy atom. The van der Waals surface area contributed by atoms with E-state index in [9.17, 15) is 19.8 Å². The maximum Gasteiger partial charge on any atom is 2.00 e. The fourth-order valence-electron chi connectivity index (χ4n) is 1.10. The van der Waals surface area contributed by atoms with Crippen LogP contribution in [0.1, 0.15) is 83.1 Å². The summed E-state index contributed by atoms with van der Waals surface area (Å²) in [4.78, 5) is 22.9. The van der Waals surface area contributed by atoms with Crippen LogP contribution in [-0.4, -0.2) is 45.6 Å². The van der Waals surface area contributed by atoms with Gasteiger partial charge in [0.1, 0.15) is 0 Å². The van der Waals surface area contributed by atoms with Gasteiger partial charge in [0.05, 0.1) is 0 Å². The van der Waals surface area contributed by atoms with Gasteiger partial charge in [-0.05, 0) is 23.0 Å². The van der Waals surface area contributed by atoms with Crippen molar-refractivity contribution in [2.24, 2.45) is 21.7 Å². The molecule has 0 radical (unpaired) electrons. The van der Waals surface area contributed by atoms with Crippen LogP contribution in [0.5, 0.6) is 0 Å². The van der Waals surface area contributed by atoms with Crippen molar-refractivity contribution in [3.05, 3.63) is 23.7 Å². The Kier molecular flexibility index (Phi) is 17.9. The van der Waals surface area contributed by atoms with Crippen molar-refractivity contribution in [1.82, 2.24) is 0 Å². The first-order valence-corrected chi connectivity index (χ1v) is 8.97. The molecule has 4 N–H and O–H groups in total. The summed E-state index contributed by atoms with van der Waals surface area (Å²) in [5.74, 6) is -0.417. The predicted molar refractivity (Wildman–Crippen MR) is 117 cm³/mol. The van der Waals surface area contributed by atoms with Gasteiger partial charge >= 0.3 is 23.1 Å². The van der Waals surface area contributed by atoms with E-state index in [0.29, 0.717) is 0 Å². The van der Waals surface area contributed by atoms with E-state index in [4.69, 9.17) is 0 Å². The molecule has 0 amide bonds. The molecule has 0 unspecified atom stereocenters. The van der Waals surface area contributed by atoms with Gasteiger partial charge in [0, 0.05) is 10.8 Å². The monoisotopic (exact) mass is 426 g/mol. The second-order valence-corrected chi connectivity index (χ2v) is 10.7. The normalized spacial score (nSPS) is 13.0. The minimum Gasteiger partial charge on any atom is -0.875 e. The summed E-state index contributed by atoms with van der Waals surface area (Å²) in [7, 11) is 0. The van der Waals surface area contributed by atoms with Gasteiger partial charge < -0.3 is 21.2 Å². The SMILES string of the molecule is CC(C)(C)C(=O)C=C([O-])C(C)(C)C.CC(C)(C)C(=O)C=C([O-])C(C)(C)C.O.O.[Mg+2]. The fourth-order valence-corrected chi connectivity index (χ4v) is 1.10. The summed E-state index contributed by atoms with van der Waals surface area (Å²) in [6.07, 6.45) is 2.44. The van der Waals surface area contributed by atoms with Crippen molar-refractivity contribution >= 4 is 34.6 Å². The van der Waals surface area contributed by atoms with Crippen LogP contribution >= 0.6 is 0 Å². The summed E-state index contributed by atoms with van der Waals surface area (Å²) in [5.41, 5.74) is -1.83. The Hall–Kier alpha value is -0.894. The molecule has 0 aromatic heterocycles. The zero-order valence-electron chi connectivity index (χ0n) is 20.5. The average molecular weight is 427 g/mol. The zero-order chi connectivity index (χ0) is 21.7. The molecule has 168 valence electrons. The number of hydrogen-bond donors (Lipinski definition) is 0. The van der Waals surface area contributed by atoms with E-state index in [2.05, 4.69) is 0 Å². The van der Waals surface area contributed by atoms with Crippen molar-refractivity contribution in [1.29, 1.82) is 0 Å². The molecule has 0 spiro atoms. The largest absolute Gasteiger partial charge is 2.00 e. The fraction of sp³-hybridized carbons (Fsp3) is 0.727. The molecule has 0 rings (SSSR count). The van der Waals surface area contributed by atoms with Crippen molar-refractivity contribution in [3.63, 3.8) is 0 Å². The molecule has 0 heterocycles. The maximum atomic E-state index is 11.4. The first-order valence-electron chi connectivity index (χ1n) is 8.97. The van der Waals surface area contributed by atoms with Gasteiger partial charge in [-0.15, -0.1) is 11.5 Å². The zero-order valence-corrected chi connectivity index (χ0v) is 21.9. The van der Waals surface area contributed by atoms with Crippen LogP contribution < -0.4 is 10.2 Å². The Bertz CT molecular complexity index is 510. The number of rotatable bonds is 2. The molecule has 7 heteroatoms. The minimum atomic E-state index is -0.457. The van der Waals surface area contributed by atoms with Crippen LogP contribution in [-0.2, 0) is 9.59 Å². The summed E-state index contributed by atoms with van der Waals surface area (Å²) in [5, 5.41) is 22.9. The molecule has 0 aromatic rings. The van der Waals surface area contributed by atoms with Gasteiger partial charge in [0.2, 0.25) is 0 Å². The number of carbonyl (C=O) groups excluding carboxylic acids is 2. The van der Waals surface area contributed by atoms with Crippen LogP contribution in [0.4, 0.5) is 0 Å². The van der Waals surface area contributed by atoms with E-state index < -0.39 is 21.7 Å². The summed E-state index contributed by atoms with van der Waals surface area (Å²) in [6.45, 7) is 21.7. The van der Waals surface area contributed by atoms with E-state index in [1.54, 1.807) is 0 Å². The molecule has 0 atom stereocenters. The molecule has 0 aliphatic heterocycles. The number of carbonyl (C=O) groups is 2. The molecule has 0 saturated carbocycles. The van der Waals surface area contributed by atoms with Crippen LogP contribution in [0, 0.1) is 21.7 Å². The average Bonchev–Trinajstić information content (AvgIpc) is 2.34. The third kappa shape index (κ3) is 17.7. The first-order chi connectivity index (χ1) is 11.1. The van der Waals surface area contributed by atoms with E-state index in [-0.39, 0.29) is 57.1 Å². The number of hydrogen-bond acceptors (Lipinski definition) is 4. The third-order valence-electron chi connectivity index (χ3n) is 3.48. The molecule has 6 nitrogen and oxygen atoms in total. The van der Waals surface area contributed by atoms with Gasteiger partial charge in [-0.1, -0.05) is 83.1 Å². The number of ketones is 2. The van der Waals surface area contributed by atoms with Crippen LogP contribution in [0.25, 0.3) is 0 Å². The molecule has 0 aliphatic carbocycles. The van der Waals surface area contributed by atoms with Gasteiger partial charge in [-0.25, -0.2) is 0 Å². The van der Waals surface area contributed by atoms with E-state index in [1.165, 1.54) is 12.2 Å². The Morgan fingerprint density at radius 3 is 0.793 bits per heavy atom. The third-order valence-corrected chi connectivity index (χ3v) is 3.48. The quantitative estimate of drug-likeness (QED) is 0.376. The number of allylic oxidation sites excluding steroid dienone is 4. The van der Waals surface area contributed by atoms with Crippen molar-refractivity contribution < 1.29 is 30.8 Å². The van der Waals surface area contributed by atoms with Gasteiger partial charge in [0.15, 0.2) is 11.6 Å². The van der Waals surface area contributed by atoms with Crippen molar-refractivity contribution in [3.8, 4) is 0 Å². The second kappa shape index (κ2) is 13.4. The molecular weight excluding hydrogens is 385 g/mol. The molecule has 0 aliphatic rings. The van der Waals surface area contributed by atoms with Gasteiger partial charge in [-0.3, -0.25) is 9.59 Å². The predicted octanol–water partition coefficient (Wildman–Crippen LogP) is 1.75. The second-order valence-electron chi connectivity index (χ2n) is 10.7. The van der Waals surface area contributed by atoms with E-state index in [0.717, 1.165) is 0 Å². The molecule has 0 saturated heterocycles. The van der Waals surface area contributed by atoms with Crippen molar-refractivity contribution in [2.45, 2.75) is 83.1 Å². The summed E-state index contributed by atoms with van der Waals surface area (Å²) in [6, 6.07) is 0. The molecule has 29 heavy (non-hydrogen) atoms. The van der Waals surface area contributed by atoms with E-state index >= 15 is 0 Å². The molecule has 0 bridgehead atoms. The summed E-state index contributed by atoms with van der Waals surface area (Å²) < 4.78 is 0. The molecular formula is C22H42MgO6. The topological polar surface area (TPSA) is 143 Å². The van der Waals surface area contributed by atoms with Gasteiger partial charge in [0.25, 0.3) is 0 Å². The smallest absolute Gasteiger partial charge is 0.875 e. The molecule has 0 fully saturated rings. The van der Waals surface area contributed by atoms with Crippen LogP contribution in [0.15, 0.2) is 23.7 Å². The minimum absolute atomic E-state index is 0. The van der Waals surface area contributed by atoms with Crippen LogP contribution in [0.2, 0.25) is 0 Å². The Labute approximate surface area is 193 Å². The maximum absolute atomic E-state index is 11.4. The first kappa shape index (κ1) is 38.7. The molecule has 0 aromatic carbocycles. The van der Waals surface area contributed by atoms with Crippen LogP contribution in [0.3, 0.4) is 0 Å². The van der Waals surface area contributed by atoms with E-state index in [1.807, 2.05) is 83.1 Å². The standard InChI is InChI=1S/2C11H20O2.Mg.2H2O/c2*1-10(2,3)8(12)7-9(13)11(4,5)6;;;/h2*7,12H,1-6H3;;2*1H2/q;;+2;;/p-2. The summed E-state index contributed by atoms with van der Waals surface area (Å²) >= 11 is 0. The Balaban J connectivity index is -0.000000120.